The van der Waals surface area contributed by atoms with Gasteiger partial charge in [0.05, 0.1) is 11.6 Å². The fraction of sp³-hybridized carbons (Fsp3) is 0.462. The van der Waals surface area contributed by atoms with Crippen LogP contribution in [0.1, 0.15) is 32.3 Å². The van der Waals surface area contributed by atoms with E-state index in [2.05, 4.69) is 13.8 Å². The third kappa shape index (κ3) is 4.52. The summed E-state index contributed by atoms with van der Waals surface area (Å²) >= 11 is 11.0. The second kappa shape index (κ2) is 6.82. The third-order valence-corrected chi connectivity index (χ3v) is 3.05. The predicted molar refractivity (Wildman–Crippen MR) is 76.9 cm³/mol. The van der Waals surface area contributed by atoms with E-state index in [1.165, 1.54) is 6.42 Å². The van der Waals surface area contributed by atoms with Gasteiger partial charge in [0.15, 0.2) is 0 Å². The lowest BCUT2D eigenvalue weighted by Crippen LogP contribution is -2.10. The van der Waals surface area contributed by atoms with Gasteiger partial charge in [-0.3, -0.25) is 0 Å². The Labute approximate surface area is 113 Å². The minimum Gasteiger partial charge on any atom is -0.492 e. The Morgan fingerprint density at radius 3 is 2.76 bits per heavy atom. The molecule has 2 N–H and O–H groups in total. The molecule has 0 aliphatic heterocycles. The lowest BCUT2D eigenvalue weighted by Gasteiger charge is -2.13. The molecule has 2 nitrogen and oxygen atoms in total. The Balaban J connectivity index is 2.63. The van der Waals surface area contributed by atoms with Gasteiger partial charge >= 0.3 is 0 Å². The van der Waals surface area contributed by atoms with Crippen molar-refractivity contribution < 1.29 is 4.74 Å². The molecule has 0 fully saturated rings. The van der Waals surface area contributed by atoms with Gasteiger partial charge in [0.25, 0.3) is 0 Å². The molecule has 0 aromatic heterocycles. The Morgan fingerprint density at radius 1 is 1.53 bits per heavy atom. The first-order valence-corrected chi connectivity index (χ1v) is 6.55. The normalized spacial score (nSPS) is 12.2. The molecule has 0 radical (unpaired) electrons. The average Bonchev–Trinajstić information content (AvgIpc) is 2.27. The van der Waals surface area contributed by atoms with E-state index in [1.54, 1.807) is 6.07 Å². The summed E-state index contributed by atoms with van der Waals surface area (Å²) in [4.78, 5) is 0.345. The molecule has 0 aliphatic rings. The van der Waals surface area contributed by atoms with Gasteiger partial charge in [0.2, 0.25) is 0 Å². The fourth-order valence-corrected chi connectivity index (χ4v) is 1.94. The van der Waals surface area contributed by atoms with Crippen LogP contribution in [0.25, 0.3) is 0 Å². The van der Waals surface area contributed by atoms with Crippen LogP contribution in [-0.2, 0) is 0 Å². The molecule has 0 heterocycles. The SMILES string of the molecule is CCCC(C)COc1ccc(C(N)=S)cc1Cl. The molecule has 1 aromatic carbocycles. The molecule has 1 rings (SSSR count). The molecule has 17 heavy (non-hydrogen) atoms. The van der Waals surface area contributed by atoms with Crippen molar-refractivity contribution in [1.29, 1.82) is 0 Å². The minimum atomic E-state index is 0.345. The van der Waals surface area contributed by atoms with E-state index in [0.717, 1.165) is 12.0 Å². The zero-order chi connectivity index (χ0) is 12.8. The Morgan fingerprint density at radius 2 is 2.24 bits per heavy atom. The first-order valence-electron chi connectivity index (χ1n) is 5.76. The number of ether oxygens (including phenoxy) is 1. The van der Waals surface area contributed by atoms with Crippen LogP contribution >= 0.6 is 23.8 Å². The van der Waals surface area contributed by atoms with Gasteiger partial charge in [-0.25, -0.2) is 0 Å². The van der Waals surface area contributed by atoms with Gasteiger partial charge in [-0.05, 0) is 30.5 Å². The highest BCUT2D eigenvalue weighted by molar-refractivity contribution is 7.80. The van der Waals surface area contributed by atoms with Crippen LogP contribution in [-0.4, -0.2) is 11.6 Å². The number of hydrogen-bond acceptors (Lipinski definition) is 2. The van der Waals surface area contributed by atoms with E-state index < -0.39 is 0 Å². The topological polar surface area (TPSA) is 35.2 Å². The number of rotatable bonds is 6. The highest BCUT2D eigenvalue weighted by atomic mass is 35.5. The zero-order valence-corrected chi connectivity index (χ0v) is 11.8. The molecule has 4 heteroatoms. The molecule has 0 aliphatic carbocycles. The van der Waals surface area contributed by atoms with Crippen molar-refractivity contribution in [2.45, 2.75) is 26.7 Å². The van der Waals surface area contributed by atoms with Crippen molar-refractivity contribution in [3.63, 3.8) is 0 Å². The van der Waals surface area contributed by atoms with Crippen LogP contribution in [0.15, 0.2) is 18.2 Å². The maximum absolute atomic E-state index is 6.09. The van der Waals surface area contributed by atoms with Crippen molar-refractivity contribution in [2.75, 3.05) is 6.61 Å². The third-order valence-electron chi connectivity index (χ3n) is 2.52. The molecule has 1 unspecified atom stereocenters. The quantitative estimate of drug-likeness (QED) is 0.800. The number of hydrogen-bond donors (Lipinski definition) is 1. The summed E-state index contributed by atoms with van der Waals surface area (Å²) in [5, 5.41) is 0.555. The maximum atomic E-state index is 6.09. The average molecular weight is 272 g/mol. The lowest BCUT2D eigenvalue weighted by molar-refractivity contribution is 0.251. The molecule has 0 saturated carbocycles. The van der Waals surface area contributed by atoms with E-state index in [-0.39, 0.29) is 0 Å². The van der Waals surface area contributed by atoms with Crippen LogP contribution in [0.4, 0.5) is 0 Å². The minimum absolute atomic E-state index is 0.345. The second-order valence-corrected chi connectivity index (χ2v) is 5.06. The smallest absolute Gasteiger partial charge is 0.137 e. The van der Waals surface area contributed by atoms with Gasteiger partial charge in [0.1, 0.15) is 10.7 Å². The van der Waals surface area contributed by atoms with Crippen LogP contribution in [0, 0.1) is 5.92 Å². The zero-order valence-electron chi connectivity index (χ0n) is 10.2. The summed E-state index contributed by atoms with van der Waals surface area (Å²) in [7, 11) is 0. The molecule has 0 bridgehead atoms. The number of thiocarbonyl (C=S) groups is 1. The molecule has 0 saturated heterocycles. The fourth-order valence-electron chi connectivity index (χ4n) is 1.58. The summed E-state index contributed by atoms with van der Waals surface area (Å²) in [6, 6.07) is 5.38. The number of nitrogens with two attached hydrogens (primary N) is 1. The summed E-state index contributed by atoms with van der Waals surface area (Å²) in [6.45, 7) is 5.02. The van der Waals surface area contributed by atoms with Crippen LogP contribution < -0.4 is 10.5 Å². The second-order valence-electron chi connectivity index (χ2n) is 4.21. The molecule has 0 spiro atoms. The van der Waals surface area contributed by atoms with Crippen LogP contribution in [0.3, 0.4) is 0 Å². The molecule has 94 valence electrons. The summed E-state index contributed by atoms with van der Waals surface area (Å²) in [6.07, 6.45) is 2.32. The number of halogens is 1. The van der Waals surface area contributed by atoms with Crippen LogP contribution in [0.5, 0.6) is 5.75 Å². The van der Waals surface area contributed by atoms with E-state index in [0.29, 0.717) is 28.3 Å². The van der Waals surface area contributed by atoms with Crippen LogP contribution in [0.2, 0.25) is 5.02 Å². The summed E-state index contributed by atoms with van der Waals surface area (Å²) in [5.74, 6) is 1.22. The largest absolute Gasteiger partial charge is 0.492 e. The first-order chi connectivity index (χ1) is 8.04. The lowest BCUT2D eigenvalue weighted by atomic mass is 10.1. The van der Waals surface area contributed by atoms with Gasteiger partial charge < -0.3 is 10.5 Å². The summed E-state index contributed by atoms with van der Waals surface area (Å²) in [5.41, 5.74) is 6.29. The monoisotopic (exact) mass is 271 g/mol. The van der Waals surface area contributed by atoms with Crippen molar-refractivity contribution in [3.8, 4) is 5.75 Å². The highest BCUT2D eigenvalue weighted by Crippen LogP contribution is 2.26. The van der Waals surface area contributed by atoms with E-state index in [9.17, 15) is 0 Å². The van der Waals surface area contributed by atoms with E-state index in [4.69, 9.17) is 34.3 Å². The molecule has 0 amide bonds. The first kappa shape index (κ1) is 14.3. The molecule has 1 atom stereocenters. The van der Waals surface area contributed by atoms with Gasteiger partial charge in [-0.1, -0.05) is 44.1 Å². The van der Waals surface area contributed by atoms with Gasteiger partial charge in [-0.2, -0.15) is 0 Å². The Bertz CT molecular complexity index is 395. The van der Waals surface area contributed by atoms with E-state index in [1.807, 2.05) is 12.1 Å². The van der Waals surface area contributed by atoms with Crippen molar-refractivity contribution >= 4 is 28.8 Å². The maximum Gasteiger partial charge on any atom is 0.137 e. The van der Waals surface area contributed by atoms with Gasteiger partial charge in [0, 0.05) is 5.56 Å². The standard InChI is InChI=1S/C13H18ClNOS/c1-3-4-9(2)8-16-12-6-5-10(13(15)17)7-11(12)14/h5-7,9H,3-4,8H2,1-2H3,(H2,15,17). The highest BCUT2D eigenvalue weighted by Gasteiger charge is 2.07. The van der Waals surface area contributed by atoms with Gasteiger partial charge in [-0.15, -0.1) is 0 Å². The Kier molecular flexibility index (Phi) is 5.72. The molecule has 1 aromatic rings. The molecular weight excluding hydrogens is 254 g/mol. The summed E-state index contributed by atoms with van der Waals surface area (Å²) < 4.78 is 5.67. The predicted octanol–water partition coefficient (Wildman–Crippen LogP) is 3.79. The van der Waals surface area contributed by atoms with Crippen molar-refractivity contribution in [1.82, 2.24) is 0 Å². The Hall–Kier alpha value is -0.800. The van der Waals surface area contributed by atoms with Crippen molar-refractivity contribution in [3.05, 3.63) is 28.8 Å². The van der Waals surface area contributed by atoms with Crippen molar-refractivity contribution in [2.24, 2.45) is 11.7 Å². The molecular formula is C13H18ClNOS. The number of benzene rings is 1. The van der Waals surface area contributed by atoms with E-state index >= 15 is 0 Å².